The number of aryl methyl sites for hydroxylation is 2. The number of nitrogens with one attached hydrogen (secondary N) is 1. The van der Waals surface area contributed by atoms with Crippen LogP contribution in [0.15, 0.2) is 30.3 Å². The van der Waals surface area contributed by atoms with Crippen molar-refractivity contribution in [1.82, 2.24) is 4.98 Å². The summed E-state index contributed by atoms with van der Waals surface area (Å²) < 4.78 is 52.1. The van der Waals surface area contributed by atoms with E-state index in [4.69, 9.17) is 34.9 Å². The Balaban J connectivity index is 1.56. The second-order valence-corrected chi connectivity index (χ2v) is 10.2. The molecule has 0 spiro atoms. The van der Waals surface area contributed by atoms with Crippen LogP contribution in [0.4, 0.5) is 9.52 Å². The third kappa shape index (κ3) is 5.89. The van der Waals surface area contributed by atoms with Crippen LogP contribution in [0.3, 0.4) is 0 Å². The number of thiazole rings is 1. The van der Waals surface area contributed by atoms with Gasteiger partial charge in [0.25, 0.3) is 0 Å². The molecule has 4 rings (SSSR count). The van der Waals surface area contributed by atoms with Crippen LogP contribution in [0.25, 0.3) is 11.3 Å². The van der Waals surface area contributed by atoms with E-state index >= 15 is 0 Å². The Morgan fingerprint density at radius 1 is 1.29 bits per heavy atom. The minimum atomic E-state index is -2.56. The highest BCUT2D eigenvalue weighted by atomic mass is 35.5. The van der Waals surface area contributed by atoms with Crippen molar-refractivity contribution in [2.24, 2.45) is 5.92 Å². The summed E-state index contributed by atoms with van der Waals surface area (Å²) >= 11 is 8.02. The number of benzene rings is 2. The molecule has 8 heteroatoms. The van der Waals surface area contributed by atoms with Crippen LogP contribution in [0.1, 0.15) is 51.0 Å². The van der Waals surface area contributed by atoms with E-state index in [0.717, 1.165) is 16.9 Å². The molecular weight excluding hydrogens is 476 g/mol. The second-order valence-electron chi connectivity index (χ2n) is 8.61. The quantitative estimate of drug-likeness (QED) is 0.167. The van der Waals surface area contributed by atoms with Crippen LogP contribution in [-0.4, -0.2) is 25.9 Å². The molecule has 0 saturated heterocycles. The maximum atomic E-state index is 14.8. The van der Waals surface area contributed by atoms with Crippen molar-refractivity contribution >= 4 is 28.1 Å². The number of halogens is 2. The van der Waals surface area contributed by atoms with E-state index < -0.39 is 7.04 Å². The van der Waals surface area contributed by atoms with Crippen molar-refractivity contribution in [3.05, 3.63) is 62.7 Å². The summed E-state index contributed by atoms with van der Waals surface area (Å²) in [6.45, 7) is 3.98. The third-order valence-electron chi connectivity index (χ3n) is 5.93. The maximum absolute atomic E-state index is 14.8. The summed E-state index contributed by atoms with van der Waals surface area (Å²) in [5.41, 5.74) is 3.39. The van der Waals surface area contributed by atoms with Crippen molar-refractivity contribution in [3.8, 4) is 17.0 Å². The summed E-state index contributed by atoms with van der Waals surface area (Å²) in [5.74, 6) is 0.505. The lowest BCUT2D eigenvalue weighted by Gasteiger charge is -2.19. The Morgan fingerprint density at radius 3 is 2.82 bits per heavy atom. The average molecular weight is 509 g/mol. The minimum absolute atomic E-state index is 0.0957. The molecule has 1 saturated carbocycles. The smallest absolute Gasteiger partial charge is 0.183 e. The molecule has 5 nitrogen and oxygen atoms in total. The van der Waals surface area contributed by atoms with Crippen molar-refractivity contribution in [1.29, 1.82) is 0 Å². The number of hydrogen-bond donors (Lipinski definition) is 1. The Labute approximate surface area is 213 Å². The van der Waals surface area contributed by atoms with Crippen molar-refractivity contribution in [2.75, 3.05) is 26.3 Å². The van der Waals surface area contributed by atoms with Crippen molar-refractivity contribution in [3.63, 3.8) is 0 Å². The van der Waals surface area contributed by atoms with Crippen LogP contribution in [0.5, 0.6) is 5.75 Å². The zero-order chi connectivity index (χ0) is 26.7. The van der Waals surface area contributed by atoms with E-state index in [-0.39, 0.29) is 31.0 Å². The largest absolute Gasteiger partial charge is 0.496 e. The Hall–Kier alpha value is -2.19. The van der Waals surface area contributed by atoms with Crippen LogP contribution in [0, 0.1) is 25.6 Å². The molecule has 0 radical (unpaired) electrons. The molecule has 1 aromatic heterocycles. The van der Waals surface area contributed by atoms with Gasteiger partial charge in [-0.05, 0) is 55.5 Å². The maximum Gasteiger partial charge on any atom is 0.183 e. The first-order valence-electron chi connectivity index (χ1n) is 12.6. The van der Waals surface area contributed by atoms with E-state index in [9.17, 15) is 4.39 Å². The van der Waals surface area contributed by atoms with Crippen LogP contribution >= 0.6 is 22.9 Å². The lowest BCUT2D eigenvalue weighted by atomic mass is 9.99. The molecule has 0 amide bonds. The summed E-state index contributed by atoms with van der Waals surface area (Å²) in [7, 11) is -1.03. The van der Waals surface area contributed by atoms with Gasteiger partial charge in [-0.3, -0.25) is 0 Å². The number of ether oxygens (including phenoxy) is 3. The summed E-state index contributed by atoms with van der Waals surface area (Å²) in [6.07, 6.45) is 3.23. The Morgan fingerprint density at radius 2 is 2.12 bits per heavy atom. The number of nitrogens with zero attached hydrogens (tertiary/aromatic N) is 1. The highest BCUT2D eigenvalue weighted by molar-refractivity contribution is 7.16. The normalized spacial score (nSPS) is 16.0. The zero-order valence-corrected chi connectivity index (χ0v) is 21.0. The van der Waals surface area contributed by atoms with Crippen molar-refractivity contribution in [2.45, 2.75) is 45.8 Å². The van der Waals surface area contributed by atoms with E-state index in [2.05, 4.69) is 5.32 Å². The Bertz CT molecular complexity index is 1250. The Kier molecular flexibility index (Phi) is 6.86. The first-order valence-corrected chi connectivity index (χ1v) is 12.3. The fourth-order valence-electron chi connectivity index (χ4n) is 3.91. The second kappa shape index (κ2) is 11.0. The topological polar surface area (TPSA) is 52.6 Å². The van der Waals surface area contributed by atoms with Gasteiger partial charge in [0.1, 0.15) is 18.4 Å². The van der Waals surface area contributed by atoms with Gasteiger partial charge in [-0.1, -0.05) is 36.6 Å². The molecular formula is C26H30ClFN2O3S. The lowest BCUT2D eigenvalue weighted by molar-refractivity contribution is -0.0398. The molecule has 0 aliphatic heterocycles. The molecule has 1 N–H and O–H groups in total. The fraction of sp³-hybridized carbons (Fsp3) is 0.423. The molecule has 2 aromatic carbocycles. The monoisotopic (exact) mass is 508 g/mol. The fourth-order valence-corrected chi connectivity index (χ4v) is 5.03. The predicted octanol–water partition coefficient (Wildman–Crippen LogP) is 7.30. The molecule has 3 aromatic rings. The van der Waals surface area contributed by atoms with Gasteiger partial charge in [0, 0.05) is 23.1 Å². The van der Waals surface area contributed by atoms with Gasteiger partial charge >= 0.3 is 0 Å². The highest BCUT2D eigenvalue weighted by Crippen LogP contribution is 2.42. The molecule has 34 heavy (non-hydrogen) atoms. The molecule has 0 unspecified atom stereocenters. The average Bonchev–Trinajstić information content (AvgIpc) is 3.56. The van der Waals surface area contributed by atoms with Crippen molar-refractivity contribution < 1.29 is 22.7 Å². The molecule has 182 valence electrons. The number of anilines is 1. The zero-order valence-electron chi connectivity index (χ0n) is 22.4. The van der Waals surface area contributed by atoms with Crippen LogP contribution in [0.2, 0.25) is 5.02 Å². The molecule has 1 heterocycles. The number of aromatic nitrogens is 1. The van der Waals surface area contributed by atoms with E-state index in [1.807, 2.05) is 13.0 Å². The minimum Gasteiger partial charge on any atom is -0.496 e. The van der Waals surface area contributed by atoms with E-state index in [1.165, 1.54) is 37.4 Å². The number of methoxy groups -OCH3 is 2. The predicted molar refractivity (Wildman–Crippen MR) is 135 cm³/mol. The van der Waals surface area contributed by atoms with Gasteiger partial charge in [0.15, 0.2) is 5.13 Å². The third-order valence-corrected chi connectivity index (χ3v) is 7.14. The SMILES string of the molecule is [2H][13C]([2H])([2H])Oc1cc(Cl)c(-c2nc(N[C@@H](CC3CC3)c3ccc(COCOC)c(F)c3)sc2C)cc1C. The van der Waals surface area contributed by atoms with Gasteiger partial charge in [-0.15, -0.1) is 11.3 Å². The molecule has 1 atom stereocenters. The van der Waals surface area contributed by atoms with Gasteiger partial charge in [0.05, 0.1) is 34.5 Å². The van der Waals surface area contributed by atoms with Crippen LogP contribution in [-0.2, 0) is 16.1 Å². The lowest BCUT2D eigenvalue weighted by Crippen LogP contribution is -2.12. The molecule has 1 aliphatic rings. The molecule has 1 aliphatic carbocycles. The summed E-state index contributed by atoms with van der Waals surface area (Å²) in [5, 5.41) is 4.59. The van der Waals surface area contributed by atoms with Gasteiger partial charge in [-0.25, -0.2) is 9.37 Å². The van der Waals surface area contributed by atoms with E-state index in [1.54, 1.807) is 25.1 Å². The number of rotatable bonds is 11. The van der Waals surface area contributed by atoms with Gasteiger partial charge < -0.3 is 19.5 Å². The molecule has 1 fully saturated rings. The highest BCUT2D eigenvalue weighted by Gasteiger charge is 2.28. The summed E-state index contributed by atoms with van der Waals surface area (Å²) in [6, 6.07) is 8.46. The van der Waals surface area contributed by atoms with Gasteiger partial charge in [0.2, 0.25) is 0 Å². The van der Waals surface area contributed by atoms with Gasteiger partial charge in [-0.2, -0.15) is 0 Å². The number of hydrogen-bond acceptors (Lipinski definition) is 6. The van der Waals surface area contributed by atoms with E-state index in [0.29, 0.717) is 38.5 Å². The standard InChI is InChI=1S/C26H30ClFN2O3S/c1-15-9-20(21(27)12-24(15)32-4)25-16(2)34-26(30-25)29-23(10-17-5-6-17)18-7-8-19(22(28)11-18)13-33-14-31-3/h7-9,11-12,17,23H,5-6,10,13-14H2,1-4H3,(H,29,30)/t23-/m0/s1/i4+1D3. The first-order chi connectivity index (χ1) is 17.5. The molecule has 0 bridgehead atoms. The van der Waals surface area contributed by atoms with Crippen LogP contribution < -0.4 is 10.1 Å². The summed E-state index contributed by atoms with van der Waals surface area (Å²) in [4.78, 5) is 5.77. The first kappa shape index (κ1) is 21.1.